The fourth-order valence-electron chi connectivity index (χ4n) is 4.49. The molecule has 1 atom stereocenters. The highest BCUT2D eigenvalue weighted by Gasteiger charge is 2.48. The Labute approximate surface area is 155 Å². The molecular weight excluding hydrogens is 328 g/mol. The summed E-state index contributed by atoms with van der Waals surface area (Å²) in [6, 6.07) is 8.39. The van der Waals surface area contributed by atoms with E-state index < -0.39 is 0 Å². The summed E-state index contributed by atoms with van der Waals surface area (Å²) >= 11 is 0. The van der Waals surface area contributed by atoms with E-state index >= 15 is 0 Å². The molecule has 3 fully saturated rings. The number of carbonyl (C=O) groups is 2. The van der Waals surface area contributed by atoms with Gasteiger partial charge in [0.2, 0.25) is 0 Å². The second kappa shape index (κ2) is 6.82. The molecule has 0 radical (unpaired) electrons. The third-order valence-electron chi connectivity index (χ3n) is 6.04. The Hall–Kier alpha value is -2.24. The number of hydrogen-bond donors (Lipinski definition) is 0. The first kappa shape index (κ1) is 17.2. The first-order chi connectivity index (χ1) is 12.6. The average molecular weight is 356 g/mol. The van der Waals surface area contributed by atoms with Crippen molar-refractivity contribution in [1.82, 2.24) is 9.80 Å². The van der Waals surface area contributed by atoms with Crippen molar-refractivity contribution in [1.29, 1.82) is 0 Å². The first-order valence-corrected chi connectivity index (χ1v) is 9.72. The number of hydrogen-bond acceptors (Lipinski definition) is 4. The van der Waals surface area contributed by atoms with Crippen LogP contribution in [-0.4, -0.2) is 67.6 Å². The van der Waals surface area contributed by atoms with E-state index in [1.54, 1.807) is 9.80 Å². The highest BCUT2D eigenvalue weighted by molar-refractivity contribution is 6.04. The smallest absolute Gasteiger partial charge is 0.327 e. The Morgan fingerprint density at radius 2 is 1.62 bits per heavy atom. The number of imide groups is 1. The molecule has 0 saturated carbocycles. The summed E-state index contributed by atoms with van der Waals surface area (Å²) < 4.78 is 0. The average Bonchev–Trinajstić information content (AvgIpc) is 2.93. The van der Waals surface area contributed by atoms with E-state index in [9.17, 15) is 9.59 Å². The quantitative estimate of drug-likeness (QED) is 0.781. The molecule has 3 aliphatic heterocycles. The lowest BCUT2D eigenvalue weighted by Gasteiger charge is -2.36. The number of piperidine rings is 2. The predicted octanol–water partition coefficient (Wildman–Crippen LogP) is 2.54. The lowest BCUT2D eigenvalue weighted by Crippen LogP contribution is -2.48. The summed E-state index contributed by atoms with van der Waals surface area (Å²) in [6.07, 6.45) is 4.61. The Kier molecular flexibility index (Phi) is 4.51. The molecule has 26 heavy (non-hydrogen) atoms. The molecule has 0 unspecified atom stereocenters. The highest BCUT2D eigenvalue weighted by Crippen LogP contribution is 2.32. The standard InChI is InChI=1S/C20H28N4O2/c1-21(2)15-6-8-16(9-7-15)22-13-10-17(11-14-22)24-19(25)18-5-3-4-12-23(18)20(24)26/h6-9,17-18H,3-5,10-14H2,1-2H3/t18-/m1/s1. The van der Waals surface area contributed by atoms with E-state index in [1.807, 2.05) is 14.1 Å². The lowest BCUT2D eigenvalue weighted by molar-refractivity contribution is -0.130. The van der Waals surface area contributed by atoms with Crippen molar-refractivity contribution in [2.24, 2.45) is 0 Å². The molecule has 3 aliphatic rings. The lowest BCUT2D eigenvalue weighted by atomic mass is 10.0. The number of nitrogens with zero attached hydrogens (tertiary/aromatic N) is 4. The third-order valence-corrected chi connectivity index (χ3v) is 6.04. The van der Waals surface area contributed by atoms with Gasteiger partial charge in [-0.05, 0) is 56.4 Å². The number of carbonyl (C=O) groups excluding carboxylic acids is 2. The third kappa shape index (κ3) is 2.91. The number of anilines is 2. The van der Waals surface area contributed by atoms with Crippen molar-refractivity contribution < 1.29 is 9.59 Å². The van der Waals surface area contributed by atoms with Gasteiger partial charge in [0.15, 0.2) is 0 Å². The van der Waals surface area contributed by atoms with Crippen LogP contribution in [0.2, 0.25) is 0 Å². The summed E-state index contributed by atoms with van der Waals surface area (Å²) in [5, 5.41) is 0. The monoisotopic (exact) mass is 356 g/mol. The minimum Gasteiger partial charge on any atom is -0.378 e. The van der Waals surface area contributed by atoms with E-state index in [-0.39, 0.29) is 24.0 Å². The zero-order chi connectivity index (χ0) is 18.3. The highest BCUT2D eigenvalue weighted by atomic mass is 16.2. The second-order valence-electron chi connectivity index (χ2n) is 7.82. The van der Waals surface area contributed by atoms with Crippen LogP contribution in [-0.2, 0) is 4.79 Å². The van der Waals surface area contributed by atoms with Crippen molar-refractivity contribution in [2.75, 3.05) is 43.5 Å². The molecule has 3 heterocycles. The molecule has 3 amide bonds. The number of fused-ring (bicyclic) bond motifs is 1. The molecule has 6 nitrogen and oxygen atoms in total. The number of rotatable bonds is 3. The first-order valence-electron chi connectivity index (χ1n) is 9.72. The van der Waals surface area contributed by atoms with Crippen LogP contribution in [0.15, 0.2) is 24.3 Å². The molecule has 0 bridgehead atoms. The molecule has 140 valence electrons. The largest absolute Gasteiger partial charge is 0.378 e. The molecule has 1 aromatic carbocycles. The summed E-state index contributed by atoms with van der Waals surface area (Å²) in [5.41, 5.74) is 2.40. The maximum absolute atomic E-state index is 12.7. The van der Waals surface area contributed by atoms with Crippen molar-refractivity contribution in [3.05, 3.63) is 24.3 Å². The molecular formula is C20H28N4O2. The Bertz CT molecular complexity index is 656. The van der Waals surface area contributed by atoms with Crippen LogP contribution in [0.25, 0.3) is 0 Å². The van der Waals surface area contributed by atoms with Crippen LogP contribution < -0.4 is 9.80 Å². The fraction of sp³-hybridized carbons (Fsp3) is 0.600. The van der Waals surface area contributed by atoms with Gasteiger partial charge in [0.1, 0.15) is 6.04 Å². The topological polar surface area (TPSA) is 47.1 Å². The van der Waals surface area contributed by atoms with Crippen LogP contribution in [0.4, 0.5) is 16.2 Å². The molecule has 4 rings (SSSR count). The van der Waals surface area contributed by atoms with Crippen molar-refractivity contribution in [3.8, 4) is 0 Å². The van der Waals surface area contributed by atoms with Crippen LogP contribution in [0.5, 0.6) is 0 Å². The van der Waals surface area contributed by atoms with Crippen LogP contribution in [0.3, 0.4) is 0 Å². The van der Waals surface area contributed by atoms with Crippen LogP contribution in [0.1, 0.15) is 32.1 Å². The summed E-state index contributed by atoms with van der Waals surface area (Å²) in [7, 11) is 4.08. The van der Waals surface area contributed by atoms with Crippen molar-refractivity contribution in [3.63, 3.8) is 0 Å². The van der Waals surface area contributed by atoms with Crippen molar-refractivity contribution in [2.45, 2.75) is 44.2 Å². The number of benzene rings is 1. The zero-order valence-electron chi connectivity index (χ0n) is 15.7. The van der Waals surface area contributed by atoms with E-state index in [0.717, 1.165) is 51.7 Å². The normalized spacial score (nSPS) is 24.2. The second-order valence-corrected chi connectivity index (χ2v) is 7.82. The van der Waals surface area contributed by atoms with Gasteiger partial charge in [-0.15, -0.1) is 0 Å². The molecule has 6 heteroatoms. The van der Waals surface area contributed by atoms with Crippen molar-refractivity contribution >= 4 is 23.3 Å². The SMILES string of the molecule is CN(C)c1ccc(N2CCC(N3C(=O)[C@H]4CCCCN4C3=O)CC2)cc1. The van der Waals surface area contributed by atoms with Crippen LogP contribution in [0, 0.1) is 0 Å². The Morgan fingerprint density at radius 3 is 2.23 bits per heavy atom. The van der Waals surface area contributed by atoms with E-state index in [0.29, 0.717) is 0 Å². The molecule has 0 aromatic heterocycles. The van der Waals surface area contributed by atoms with Gasteiger partial charge in [0.05, 0.1) is 0 Å². The van der Waals surface area contributed by atoms with Gasteiger partial charge in [-0.25, -0.2) is 4.79 Å². The van der Waals surface area contributed by atoms with E-state index in [1.165, 1.54) is 11.4 Å². The van der Waals surface area contributed by atoms with E-state index in [2.05, 4.69) is 34.1 Å². The molecule has 3 saturated heterocycles. The Morgan fingerprint density at radius 1 is 0.923 bits per heavy atom. The minimum absolute atomic E-state index is 0.0449. The minimum atomic E-state index is -0.187. The summed E-state index contributed by atoms with van der Waals surface area (Å²) in [4.78, 5) is 33.3. The van der Waals surface area contributed by atoms with Crippen LogP contribution >= 0.6 is 0 Å². The fourth-order valence-corrected chi connectivity index (χ4v) is 4.49. The zero-order valence-corrected chi connectivity index (χ0v) is 15.7. The Balaban J connectivity index is 1.40. The van der Waals surface area contributed by atoms with E-state index in [4.69, 9.17) is 0 Å². The number of amides is 3. The van der Waals surface area contributed by atoms with Gasteiger partial charge in [0, 0.05) is 51.1 Å². The molecule has 0 aliphatic carbocycles. The molecule has 1 aromatic rings. The predicted molar refractivity (Wildman–Crippen MR) is 103 cm³/mol. The van der Waals surface area contributed by atoms with Gasteiger partial charge in [-0.3, -0.25) is 9.69 Å². The summed E-state index contributed by atoms with van der Waals surface area (Å²) in [6.45, 7) is 2.50. The van der Waals surface area contributed by atoms with Gasteiger partial charge in [-0.1, -0.05) is 0 Å². The van der Waals surface area contributed by atoms with Gasteiger partial charge in [-0.2, -0.15) is 0 Å². The number of urea groups is 1. The molecule has 0 N–H and O–H groups in total. The maximum atomic E-state index is 12.7. The van der Waals surface area contributed by atoms with Gasteiger partial charge >= 0.3 is 6.03 Å². The van der Waals surface area contributed by atoms with Gasteiger partial charge < -0.3 is 14.7 Å². The molecule has 0 spiro atoms. The maximum Gasteiger partial charge on any atom is 0.327 e. The summed E-state index contributed by atoms with van der Waals surface area (Å²) in [5.74, 6) is 0.0449. The van der Waals surface area contributed by atoms with Gasteiger partial charge in [0.25, 0.3) is 5.91 Å².